The highest BCUT2D eigenvalue weighted by Crippen LogP contribution is 2.29. The van der Waals surface area contributed by atoms with Gasteiger partial charge in [-0.25, -0.2) is 0 Å². The van der Waals surface area contributed by atoms with E-state index >= 15 is 0 Å². The van der Waals surface area contributed by atoms with Gasteiger partial charge in [-0.1, -0.05) is 6.92 Å². The van der Waals surface area contributed by atoms with Gasteiger partial charge in [-0.05, 0) is 31.7 Å². The van der Waals surface area contributed by atoms with Crippen molar-refractivity contribution >= 4 is 5.69 Å². The van der Waals surface area contributed by atoms with Crippen LogP contribution in [0.5, 0.6) is 0 Å². The van der Waals surface area contributed by atoms with Gasteiger partial charge in [-0.2, -0.15) is 0 Å². The van der Waals surface area contributed by atoms with Crippen LogP contribution in [0.4, 0.5) is 5.69 Å². The minimum absolute atomic E-state index is 0.0702. The summed E-state index contributed by atoms with van der Waals surface area (Å²) in [6, 6.07) is 2.57. The Morgan fingerprint density at radius 1 is 1.44 bits per heavy atom. The summed E-state index contributed by atoms with van der Waals surface area (Å²) in [6.07, 6.45) is 6.10. The number of hydrogen-bond donors (Lipinski definition) is 1. The average Bonchev–Trinajstić information content (AvgIpc) is 2.32. The Kier molecular flexibility index (Phi) is 3.44. The topological polar surface area (TPSA) is 36.4 Å². The summed E-state index contributed by atoms with van der Waals surface area (Å²) in [4.78, 5) is 6.47. The molecule has 2 rings (SSSR count). The number of aliphatic hydroxyl groups is 1. The fraction of sp³-hybridized carbons (Fsp3) is 0.615. The van der Waals surface area contributed by atoms with Gasteiger partial charge in [0.15, 0.2) is 0 Å². The SMILES string of the molecule is CC1CCC(C)N(c2ccncc2CO)C1. The van der Waals surface area contributed by atoms with Crippen LogP contribution in [0.15, 0.2) is 18.5 Å². The fourth-order valence-corrected chi connectivity index (χ4v) is 2.45. The van der Waals surface area contributed by atoms with E-state index in [-0.39, 0.29) is 6.61 Å². The van der Waals surface area contributed by atoms with Crippen LogP contribution < -0.4 is 4.90 Å². The predicted molar refractivity (Wildman–Crippen MR) is 65.4 cm³/mol. The first-order valence-electron chi connectivity index (χ1n) is 6.02. The summed E-state index contributed by atoms with van der Waals surface area (Å²) < 4.78 is 0. The maximum atomic E-state index is 9.33. The highest BCUT2D eigenvalue weighted by Gasteiger charge is 2.24. The second-order valence-electron chi connectivity index (χ2n) is 4.85. The van der Waals surface area contributed by atoms with E-state index in [0.29, 0.717) is 6.04 Å². The number of aromatic nitrogens is 1. The van der Waals surface area contributed by atoms with Gasteiger partial charge in [-0.15, -0.1) is 0 Å². The van der Waals surface area contributed by atoms with Crippen LogP contribution >= 0.6 is 0 Å². The summed E-state index contributed by atoms with van der Waals surface area (Å²) in [5.41, 5.74) is 2.08. The van der Waals surface area contributed by atoms with Crippen LogP contribution in [-0.2, 0) is 6.61 Å². The quantitative estimate of drug-likeness (QED) is 0.830. The molecule has 0 radical (unpaired) electrons. The zero-order valence-corrected chi connectivity index (χ0v) is 10.1. The molecule has 3 heteroatoms. The molecule has 1 fully saturated rings. The maximum Gasteiger partial charge on any atom is 0.0717 e. The number of piperidine rings is 1. The highest BCUT2D eigenvalue weighted by atomic mass is 16.3. The van der Waals surface area contributed by atoms with E-state index in [1.54, 1.807) is 12.4 Å². The van der Waals surface area contributed by atoms with Crippen LogP contribution in [-0.4, -0.2) is 22.7 Å². The van der Waals surface area contributed by atoms with E-state index in [1.165, 1.54) is 12.8 Å². The molecule has 1 aromatic heterocycles. The molecule has 1 aliphatic heterocycles. The van der Waals surface area contributed by atoms with Gasteiger partial charge in [0.25, 0.3) is 0 Å². The zero-order valence-electron chi connectivity index (χ0n) is 10.1. The summed E-state index contributed by atoms with van der Waals surface area (Å²) in [6.45, 7) is 5.70. The second-order valence-corrected chi connectivity index (χ2v) is 4.85. The van der Waals surface area contributed by atoms with Crippen molar-refractivity contribution in [2.24, 2.45) is 5.92 Å². The van der Waals surface area contributed by atoms with Crippen LogP contribution in [0.3, 0.4) is 0 Å². The number of pyridine rings is 1. The van der Waals surface area contributed by atoms with E-state index in [0.717, 1.165) is 23.7 Å². The molecule has 2 atom stereocenters. The van der Waals surface area contributed by atoms with Gasteiger partial charge in [0, 0.05) is 36.2 Å². The Morgan fingerprint density at radius 2 is 2.25 bits per heavy atom. The summed E-state index contributed by atoms with van der Waals surface area (Å²) >= 11 is 0. The zero-order chi connectivity index (χ0) is 11.5. The van der Waals surface area contributed by atoms with E-state index in [9.17, 15) is 5.11 Å². The average molecular weight is 220 g/mol. The normalized spacial score (nSPS) is 25.8. The Morgan fingerprint density at radius 3 is 3.00 bits per heavy atom. The third-order valence-corrected chi connectivity index (χ3v) is 3.48. The summed E-state index contributed by atoms with van der Waals surface area (Å²) in [5, 5.41) is 9.33. The van der Waals surface area contributed by atoms with Crippen molar-refractivity contribution in [2.75, 3.05) is 11.4 Å². The lowest BCUT2D eigenvalue weighted by atomic mass is 9.94. The van der Waals surface area contributed by atoms with Crippen LogP contribution in [0, 0.1) is 5.92 Å². The lowest BCUT2D eigenvalue weighted by Crippen LogP contribution is -2.41. The molecule has 2 unspecified atom stereocenters. The van der Waals surface area contributed by atoms with E-state index in [1.807, 2.05) is 6.07 Å². The molecule has 0 saturated carbocycles. The summed E-state index contributed by atoms with van der Waals surface area (Å²) in [5.74, 6) is 0.732. The fourth-order valence-electron chi connectivity index (χ4n) is 2.45. The molecule has 1 saturated heterocycles. The Hall–Kier alpha value is -1.09. The molecule has 0 bridgehead atoms. The van der Waals surface area contributed by atoms with Crippen molar-refractivity contribution in [1.29, 1.82) is 0 Å². The number of anilines is 1. The lowest BCUT2D eigenvalue weighted by molar-refractivity contribution is 0.280. The predicted octanol–water partition coefficient (Wildman–Crippen LogP) is 2.20. The Balaban J connectivity index is 2.27. The maximum absolute atomic E-state index is 9.33. The minimum Gasteiger partial charge on any atom is -0.392 e. The van der Waals surface area contributed by atoms with Gasteiger partial charge in [-0.3, -0.25) is 4.98 Å². The molecule has 0 amide bonds. The van der Waals surface area contributed by atoms with Gasteiger partial charge >= 0.3 is 0 Å². The van der Waals surface area contributed by atoms with E-state index in [2.05, 4.69) is 23.7 Å². The molecule has 1 aromatic rings. The van der Waals surface area contributed by atoms with Crippen LogP contribution in [0.1, 0.15) is 32.3 Å². The van der Waals surface area contributed by atoms with Gasteiger partial charge in [0.05, 0.1) is 6.61 Å². The monoisotopic (exact) mass is 220 g/mol. The smallest absolute Gasteiger partial charge is 0.0717 e. The first-order chi connectivity index (χ1) is 7.72. The van der Waals surface area contributed by atoms with Crippen molar-refractivity contribution in [1.82, 2.24) is 4.98 Å². The molecule has 16 heavy (non-hydrogen) atoms. The largest absolute Gasteiger partial charge is 0.392 e. The van der Waals surface area contributed by atoms with Crippen LogP contribution in [0.2, 0.25) is 0 Å². The molecule has 0 aromatic carbocycles. The standard InChI is InChI=1S/C13H20N2O/c1-10-3-4-11(2)15(8-10)13-5-6-14-7-12(13)9-16/h5-7,10-11,16H,3-4,8-9H2,1-2H3. The second kappa shape index (κ2) is 4.83. The minimum atomic E-state index is 0.0702. The lowest BCUT2D eigenvalue weighted by Gasteiger charge is -2.39. The third-order valence-electron chi connectivity index (χ3n) is 3.48. The van der Waals surface area contributed by atoms with E-state index < -0.39 is 0 Å². The molecule has 1 aliphatic rings. The molecule has 1 N–H and O–H groups in total. The van der Waals surface area contributed by atoms with Gasteiger partial charge in [0.1, 0.15) is 0 Å². The Labute approximate surface area is 97.1 Å². The highest BCUT2D eigenvalue weighted by molar-refractivity contribution is 5.53. The number of rotatable bonds is 2. The molecule has 0 aliphatic carbocycles. The van der Waals surface area contributed by atoms with Gasteiger partial charge in [0.2, 0.25) is 0 Å². The van der Waals surface area contributed by atoms with Gasteiger partial charge < -0.3 is 10.0 Å². The van der Waals surface area contributed by atoms with E-state index in [4.69, 9.17) is 0 Å². The third kappa shape index (κ3) is 2.19. The molecule has 0 spiro atoms. The molecular formula is C13H20N2O. The van der Waals surface area contributed by atoms with Crippen molar-refractivity contribution in [3.05, 3.63) is 24.0 Å². The first kappa shape index (κ1) is 11.4. The molecule has 3 nitrogen and oxygen atoms in total. The number of hydrogen-bond acceptors (Lipinski definition) is 3. The van der Waals surface area contributed by atoms with Crippen LogP contribution in [0.25, 0.3) is 0 Å². The van der Waals surface area contributed by atoms with Crippen molar-refractivity contribution in [2.45, 2.75) is 39.3 Å². The van der Waals surface area contributed by atoms with Crippen molar-refractivity contribution in [3.63, 3.8) is 0 Å². The Bertz CT molecular complexity index is 354. The molecule has 88 valence electrons. The van der Waals surface area contributed by atoms with Crippen molar-refractivity contribution < 1.29 is 5.11 Å². The number of aliphatic hydroxyl groups excluding tert-OH is 1. The number of nitrogens with zero attached hydrogens (tertiary/aromatic N) is 2. The molecule has 2 heterocycles. The van der Waals surface area contributed by atoms with Crippen molar-refractivity contribution in [3.8, 4) is 0 Å². The summed E-state index contributed by atoms with van der Waals surface area (Å²) in [7, 11) is 0. The molecular weight excluding hydrogens is 200 g/mol. The first-order valence-corrected chi connectivity index (χ1v) is 6.02.